The maximum Gasteiger partial charge on any atom is 0.223 e. The summed E-state index contributed by atoms with van der Waals surface area (Å²) in [6, 6.07) is 9.47. The van der Waals surface area contributed by atoms with E-state index in [9.17, 15) is 4.79 Å². The molecule has 0 aliphatic heterocycles. The van der Waals surface area contributed by atoms with Crippen LogP contribution in [0.15, 0.2) is 30.3 Å². The zero-order valence-corrected chi connectivity index (χ0v) is 11.7. The van der Waals surface area contributed by atoms with Crippen LogP contribution in [0.3, 0.4) is 0 Å². The predicted octanol–water partition coefficient (Wildman–Crippen LogP) is 2.84. The molecule has 0 atom stereocenters. The van der Waals surface area contributed by atoms with Gasteiger partial charge in [0.05, 0.1) is 13.0 Å². The fourth-order valence-electron chi connectivity index (χ4n) is 1.25. The molecule has 0 aromatic heterocycles. The monoisotopic (exact) mass is 269 g/mol. The summed E-state index contributed by atoms with van der Waals surface area (Å²) in [5.74, 6) is 1.30. The van der Waals surface area contributed by atoms with E-state index in [4.69, 9.17) is 16.3 Å². The van der Waals surface area contributed by atoms with Crippen LogP contribution >= 0.6 is 11.6 Å². The summed E-state index contributed by atoms with van der Waals surface area (Å²) >= 11 is 5.79. The van der Waals surface area contributed by atoms with Crippen molar-refractivity contribution in [2.45, 2.75) is 20.3 Å². The van der Waals surface area contributed by atoms with Crippen LogP contribution in [0.2, 0.25) is 0 Å². The Morgan fingerprint density at radius 3 is 2.61 bits per heavy atom. The number of carbonyl (C=O) groups excluding carboxylic acids is 1. The van der Waals surface area contributed by atoms with E-state index in [2.05, 4.69) is 5.32 Å². The molecule has 0 saturated carbocycles. The third kappa shape index (κ3) is 5.92. The maximum atomic E-state index is 11.6. The first-order valence-corrected chi connectivity index (χ1v) is 6.57. The first-order valence-electron chi connectivity index (χ1n) is 6.04. The smallest absolute Gasteiger partial charge is 0.223 e. The van der Waals surface area contributed by atoms with Gasteiger partial charge in [0.15, 0.2) is 0 Å². The first kappa shape index (κ1) is 14.8. The molecule has 1 rings (SSSR count). The van der Waals surface area contributed by atoms with Crippen molar-refractivity contribution in [1.82, 2.24) is 5.32 Å². The highest BCUT2D eigenvalue weighted by Crippen LogP contribution is 2.15. The van der Waals surface area contributed by atoms with Gasteiger partial charge in [0.2, 0.25) is 5.91 Å². The predicted molar refractivity (Wildman–Crippen MR) is 74.1 cm³/mol. The molecule has 1 aromatic rings. The normalized spacial score (nSPS) is 11.1. The highest BCUT2D eigenvalue weighted by molar-refractivity contribution is 6.18. The number of carbonyl (C=O) groups is 1. The Labute approximate surface area is 113 Å². The molecule has 1 N–H and O–H groups in total. The molecule has 0 spiro atoms. The van der Waals surface area contributed by atoms with E-state index in [1.54, 1.807) is 0 Å². The number of benzene rings is 1. The molecule has 4 heteroatoms. The highest BCUT2D eigenvalue weighted by Gasteiger charge is 2.17. The SMILES string of the molecule is CC(C)(CCl)CNC(=O)CCOc1ccccc1. The summed E-state index contributed by atoms with van der Waals surface area (Å²) < 4.78 is 5.45. The lowest BCUT2D eigenvalue weighted by atomic mass is 9.96. The number of para-hydroxylation sites is 1. The molecule has 0 aliphatic rings. The van der Waals surface area contributed by atoms with Gasteiger partial charge in [-0.3, -0.25) is 4.79 Å². The molecule has 0 aliphatic carbocycles. The van der Waals surface area contributed by atoms with Crippen LogP contribution in [0.5, 0.6) is 5.75 Å². The van der Waals surface area contributed by atoms with Gasteiger partial charge in [0.25, 0.3) is 0 Å². The molecule has 1 aromatic carbocycles. The van der Waals surface area contributed by atoms with Gasteiger partial charge in [-0.15, -0.1) is 11.6 Å². The standard InChI is InChI=1S/C14H20ClNO2/c1-14(2,10-15)11-16-13(17)8-9-18-12-6-4-3-5-7-12/h3-7H,8-11H2,1-2H3,(H,16,17). The van der Waals surface area contributed by atoms with Crippen molar-refractivity contribution >= 4 is 17.5 Å². The minimum absolute atomic E-state index is 0.0101. The Morgan fingerprint density at radius 1 is 1.33 bits per heavy atom. The number of amides is 1. The van der Waals surface area contributed by atoms with Crippen molar-refractivity contribution < 1.29 is 9.53 Å². The molecule has 18 heavy (non-hydrogen) atoms. The Morgan fingerprint density at radius 2 is 2.00 bits per heavy atom. The number of nitrogens with one attached hydrogen (secondary N) is 1. The summed E-state index contributed by atoms with van der Waals surface area (Å²) in [4.78, 5) is 11.6. The molecule has 3 nitrogen and oxygen atoms in total. The van der Waals surface area contributed by atoms with Crippen molar-refractivity contribution in [2.75, 3.05) is 19.0 Å². The van der Waals surface area contributed by atoms with E-state index < -0.39 is 0 Å². The minimum atomic E-state index is -0.0719. The van der Waals surface area contributed by atoms with Crippen molar-refractivity contribution in [3.63, 3.8) is 0 Å². The van der Waals surface area contributed by atoms with E-state index in [0.717, 1.165) is 5.75 Å². The molecule has 0 radical (unpaired) electrons. The number of rotatable bonds is 7. The number of hydrogen-bond acceptors (Lipinski definition) is 2. The summed E-state index contributed by atoms with van der Waals surface area (Å²) in [7, 11) is 0. The molecular formula is C14H20ClNO2. The summed E-state index contributed by atoms with van der Waals surface area (Å²) in [6.45, 7) is 5.00. The number of hydrogen-bond donors (Lipinski definition) is 1. The number of halogens is 1. The quantitative estimate of drug-likeness (QED) is 0.773. The molecule has 0 fully saturated rings. The molecule has 1 amide bonds. The largest absolute Gasteiger partial charge is 0.493 e. The van der Waals surface area contributed by atoms with Crippen LogP contribution in [-0.2, 0) is 4.79 Å². The third-order valence-corrected chi connectivity index (χ3v) is 3.19. The molecular weight excluding hydrogens is 250 g/mol. The van der Waals surface area contributed by atoms with Gasteiger partial charge < -0.3 is 10.1 Å². The zero-order valence-electron chi connectivity index (χ0n) is 10.9. The van der Waals surface area contributed by atoms with Gasteiger partial charge >= 0.3 is 0 Å². The second-order valence-corrected chi connectivity index (χ2v) is 5.25. The first-order chi connectivity index (χ1) is 8.53. The number of alkyl halides is 1. The second kappa shape index (κ2) is 7.27. The van der Waals surface area contributed by atoms with Crippen molar-refractivity contribution in [1.29, 1.82) is 0 Å². The molecule has 0 unspecified atom stereocenters. The van der Waals surface area contributed by atoms with Gasteiger partial charge in [0.1, 0.15) is 5.75 Å². The van der Waals surface area contributed by atoms with E-state index in [-0.39, 0.29) is 11.3 Å². The maximum absolute atomic E-state index is 11.6. The molecule has 0 bridgehead atoms. The van der Waals surface area contributed by atoms with Gasteiger partial charge in [-0.1, -0.05) is 32.0 Å². The van der Waals surface area contributed by atoms with Crippen molar-refractivity contribution in [3.05, 3.63) is 30.3 Å². The summed E-state index contributed by atoms with van der Waals surface area (Å²) in [6.07, 6.45) is 0.354. The van der Waals surface area contributed by atoms with E-state index in [0.29, 0.717) is 25.5 Å². The Kier molecular flexibility index (Phi) is 5.99. The highest BCUT2D eigenvalue weighted by atomic mass is 35.5. The van der Waals surface area contributed by atoms with Crippen LogP contribution in [-0.4, -0.2) is 24.9 Å². The summed E-state index contributed by atoms with van der Waals surface area (Å²) in [5.41, 5.74) is -0.0719. The lowest BCUT2D eigenvalue weighted by Gasteiger charge is -2.21. The fourth-order valence-corrected chi connectivity index (χ4v) is 1.35. The van der Waals surface area contributed by atoms with Crippen molar-refractivity contribution in [2.24, 2.45) is 5.41 Å². The van der Waals surface area contributed by atoms with Crippen LogP contribution in [0.4, 0.5) is 0 Å². The topological polar surface area (TPSA) is 38.3 Å². The fraction of sp³-hybridized carbons (Fsp3) is 0.500. The zero-order chi connectivity index (χ0) is 13.4. The van der Waals surface area contributed by atoms with Crippen LogP contribution in [0.1, 0.15) is 20.3 Å². The van der Waals surface area contributed by atoms with Gasteiger partial charge in [-0.25, -0.2) is 0 Å². The Hall–Kier alpha value is -1.22. The van der Waals surface area contributed by atoms with Crippen molar-refractivity contribution in [3.8, 4) is 5.75 Å². The van der Waals surface area contributed by atoms with Crippen LogP contribution < -0.4 is 10.1 Å². The third-order valence-electron chi connectivity index (χ3n) is 2.47. The van der Waals surface area contributed by atoms with E-state index in [1.165, 1.54) is 0 Å². The van der Waals surface area contributed by atoms with Crippen LogP contribution in [0.25, 0.3) is 0 Å². The Balaban J connectivity index is 2.18. The lowest BCUT2D eigenvalue weighted by molar-refractivity contribution is -0.121. The number of ether oxygens (including phenoxy) is 1. The lowest BCUT2D eigenvalue weighted by Crippen LogP contribution is -2.35. The van der Waals surface area contributed by atoms with Gasteiger partial charge in [-0.2, -0.15) is 0 Å². The summed E-state index contributed by atoms with van der Waals surface area (Å²) in [5, 5.41) is 2.86. The molecule has 0 heterocycles. The van der Waals surface area contributed by atoms with E-state index >= 15 is 0 Å². The average molecular weight is 270 g/mol. The average Bonchev–Trinajstić information content (AvgIpc) is 2.38. The Bertz CT molecular complexity index is 365. The van der Waals surface area contributed by atoms with E-state index in [1.807, 2.05) is 44.2 Å². The van der Waals surface area contributed by atoms with Crippen LogP contribution in [0, 0.1) is 5.41 Å². The molecule has 0 saturated heterocycles. The van der Waals surface area contributed by atoms with Gasteiger partial charge in [-0.05, 0) is 17.5 Å². The molecule has 100 valence electrons. The second-order valence-electron chi connectivity index (χ2n) is 4.99. The van der Waals surface area contributed by atoms with Gasteiger partial charge in [0, 0.05) is 12.4 Å². The minimum Gasteiger partial charge on any atom is -0.493 e.